The quantitative estimate of drug-likeness (QED) is 0.811. The smallest absolute Gasteiger partial charge is 0.123 e. The van der Waals surface area contributed by atoms with Crippen LogP contribution >= 0.6 is 12.4 Å². The predicted octanol–water partition coefficient (Wildman–Crippen LogP) is 2.31. The third kappa shape index (κ3) is 2.46. The van der Waals surface area contributed by atoms with Crippen LogP contribution in [-0.2, 0) is 5.60 Å². The van der Waals surface area contributed by atoms with E-state index in [2.05, 4.69) is 5.32 Å². The van der Waals surface area contributed by atoms with E-state index in [-0.39, 0.29) is 30.1 Å². The Hall–Kier alpha value is -0.640. The predicted molar refractivity (Wildman–Crippen MR) is 68.7 cm³/mol. The maximum atomic E-state index is 12.9. The molecule has 4 heteroatoms. The molecule has 17 heavy (non-hydrogen) atoms. The summed E-state index contributed by atoms with van der Waals surface area (Å²) < 4.78 is 12.9. The number of benzene rings is 1. The van der Waals surface area contributed by atoms with Gasteiger partial charge in [-0.25, -0.2) is 4.39 Å². The minimum absolute atomic E-state index is 0. The Morgan fingerprint density at radius 1 is 1.18 bits per heavy atom. The molecule has 2 nitrogen and oxygen atoms in total. The lowest BCUT2D eigenvalue weighted by Crippen LogP contribution is -2.52. The second kappa shape index (κ2) is 5.34. The third-order valence-corrected chi connectivity index (χ3v) is 3.71. The summed E-state index contributed by atoms with van der Waals surface area (Å²) in [6.45, 7) is 5.62. The van der Waals surface area contributed by atoms with Crippen LogP contribution in [0.15, 0.2) is 24.3 Å². The van der Waals surface area contributed by atoms with Crippen molar-refractivity contribution >= 4 is 12.4 Å². The van der Waals surface area contributed by atoms with Gasteiger partial charge < -0.3 is 10.4 Å². The molecule has 3 atom stereocenters. The van der Waals surface area contributed by atoms with Gasteiger partial charge in [0.1, 0.15) is 5.82 Å². The molecule has 0 aliphatic carbocycles. The zero-order chi connectivity index (χ0) is 11.8. The van der Waals surface area contributed by atoms with Crippen LogP contribution in [-0.4, -0.2) is 18.2 Å². The molecule has 0 unspecified atom stereocenters. The summed E-state index contributed by atoms with van der Waals surface area (Å²) in [5.41, 5.74) is -0.0331. The van der Waals surface area contributed by atoms with E-state index in [0.717, 1.165) is 18.7 Å². The van der Waals surface area contributed by atoms with E-state index in [1.165, 1.54) is 12.1 Å². The summed E-state index contributed by atoms with van der Waals surface area (Å²) in [5.74, 6) is -0.00925. The van der Waals surface area contributed by atoms with Gasteiger partial charge >= 0.3 is 0 Å². The molecule has 1 heterocycles. The van der Waals surface area contributed by atoms with Crippen molar-refractivity contribution in [3.63, 3.8) is 0 Å². The number of halogens is 2. The molecule has 1 aliphatic rings. The molecule has 2 N–H and O–H groups in total. The summed E-state index contributed by atoms with van der Waals surface area (Å²) in [7, 11) is 0. The van der Waals surface area contributed by atoms with Crippen molar-refractivity contribution in [3.8, 4) is 0 Å². The molecule has 2 rings (SSSR count). The first-order valence-corrected chi connectivity index (χ1v) is 5.74. The molecule has 1 aromatic rings. The first-order chi connectivity index (χ1) is 7.55. The number of hydrogen-bond donors (Lipinski definition) is 2. The molecule has 1 aliphatic heterocycles. The van der Waals surface area contributed by atoms with Gasteiger partial charge in [-0.1, -0.05) is 26.0 Å². The van der Waals surface area contributed by atoms with Crippen LogP contribution in [0.1, 0.15) is 19.4 Å². The van der Waals surface area contributed by atoms with Crippen LogP contribution in [0.3, 0.4) is 0 Å². The van der Waals surface area contributed by atoms with E-state index in [9.17, 15) is 9.50 Å². The molecule has 1 saturated heterocycles. The van der Waals surface area contributed by atoms with Crippen LogP contribution < -0.4 is 5.32 Å². The largest absolute Gasteiger partial charge is 0.385 e. The van der Waals surface area contributed by atoms with E-state index in [1.54, 1.807) is 12.1 Å². The maximum Gasteiger partial charge on any atom is 0.123 e. The normalized spacial score (nSPS) is 32.9. The molecule has 0 bridgehead atoms. The third-order valence-electron chi connectivity index (χ3n) is 3.71. The second-order valence-electron chi connectivity index (χ2n) is 4.79. The molecule has 1 aromatic carbocycles. The average molecular weight is 260 g/mol. The number of rotatable bonds is 1. The molecule has 0 radical (unpaired) electrons. The standard InChI is InChI=1S/C13H18FNO.ClH/c1-9-7-15-8-10(2)13(9,16)11-3-5-12(14)6-4-11;/h3-6,9-10,15-16H,7-8H2,1-2H3;1H/t9-,10+,13+;. The molecule has 0 amide bonds. The van der Waals surface area contributed by atoms with Crippen molar-refractivity contribution in [3.05, 3.63) is 35.6 Å². The van der Waals surface area contributed by atoms with Crippen molar-refractivity contribution in [2.45, 2.75) is 19.4 Å². The van der Waals surface area contributed by atoms with E-state index < -0.39 is 5.60 Å². The highest BCUT2D eigenvalue weighted by molar-refractivity contribution is 5.85. The minimum atomic E-state index is -0.848. The van der Waals surface area contributed by atoms with Gasteiger partial charge in [0.2, 0.25) is 0 Å². The Bertz CT molecular complexity index is 358. The highest BCUT2D eigenvalue weighted by Crippen LogP contribution is 2.38. The van der Waals surface area contributed by atoms with Gasteiger partial charge in [0.05, 0.1) is 5.60 Å². The highest BCUT2D eigenvalue weighted by Gasteiger charge is 2.43. The lowest BCUT2D eigenvalue weighted by molar-refractivity contribution is -0.0807. The maximum absolute atomic E-state index is 12.9. The van der Waals surface area contributed by atoms with Crippen molar-refractivity contribution in [2.24, 2.45) is 11.8 Å². The van der Waals surface area contributed by atoms with Gasteiger partial charge in [0, 0.05) is 24.9 Å². The zero-order valence-electron chi connectivity index (χ0n) is 10.1. The molecule has 0 spiro atoms. The summed E-state index contributed by atoms with van der Waals surface area (Å²) in [6.07, 6.45) is 0. The lowest BCUT2D eigenvalue weighted by Gasteiger charge is -2.44. The SMILES string of the molecule is C[C@@H]1CNC[C@H](C)[C@]1(O)c1ccc(F)cc1.Cl. The van der Waals surface area contributed by atoms with Crippen LogP contribution in [0.25, 0.3) is 0 Å². The van der Waals surface area contributed by atoms with Crippen LogP contribution in [0.2, 0.25) is 0 Å². The van der Waals surface area contributed by atoms with Crippen LogP contribution in [0.5, 0.6) is 0 Å². The van der Waals surface area contributed by atoms with Gasteiger partial charge in [-0.15, -0.1) is 12.4 Å². The molecular formula is C13H19ClFNO. The first-order valence-electron chi connectivity index (χ1n) is 5.74. The fourth-order valence-corrected chi connectivity index (χ4v) is 2.60. The second-order valence-corrected chi connectivity index (χ2v) is 4.79. The van der Waals surface area contributed by atoms with Gasteiger partial charge in [-0.3, -0.25) is 0 Å². The van der Waals surface area contributed by atoms with E-state index in [0.29, 0.717) is 0 Å². The topological polar surface area (TPSA) is 32.3 Å². The monoisotopic (exact) mass is 259 g/mol. The van der Waals surface area contributed by atoms with Gasteiger partial charge in [0.25, 0.3) is 0 Å². The fourth-order valence-electron chi connectivity index (χ4n) is 2.60. The number of nitrogens with one attached hydrogen (secondary N) is 1. The number of aliphatic hydroxyl groups is 1. The average Bonchev–Trinajstić information content (AvgIpc) is 2.27. The van der Waals surface area contributed by atoms with Crippen molar-refractivity contribution in [1.29, 1.82) is 0 Å². The lowest BCUT2D eigenvalue weighted by atomic mass is 9.71. The van der Waals surface area contributed by atoms with E-state index in [4.69, 9.17) is 0 Å². The van der Waals surface area contributed by atoms with Crippen molar-refractivity contribution in [2.75, 3.05) is 13.1 Å². The van der Waals surface area contributed by atoms with E-state index >= 15 is 0 Å². The molecule has 96 valence electrons. The van der Waals surface area contributed by atoms with Crippen molar-refractivity contribution in [1.82, 2.24) is 5.32 Å². The Balaban J connectivity index is 0.00000144. The number of piperidine rings is 1. The Kier molecular flexibility index (Phi) is 4.53. The van der Waals surface area contributed by atoms with Crippen LogP contribution in [0.4, 0.5) is 4.39 Å². The summed E-state index contributed by atoms with van der Waals surface area (Å²) >= 11 is 0. The van der Waals surface area contributed by atoms with E-state index in [1.807, 2.05) is 13.8 Å². The zero-order valence-corrected chi connectivity index (χ0v) is 10.9. The summed E-state index contributed by atoms with van der Waals surface area (Å²) in [5, 5.41) is 14.1. The molecule has 1 fully saturated rings. The Morgan fingerprint density at radius 3 is 2.12 bits per heavy atom. The molecule has 0 aromatic heterocycles. The van der Waals surface area contributed by atoms with Gasteiger partial charge in [-0.2, -0.15) is 0 Å². The Labute approximate surface area is 108 Å². The first kappa shape index (κ1) is 14.4. The summed E-state index contributed by atoms with van der Waals surface area (Å²) in [4.78, 5) is 0. The number of hydrogen-bond acceptors (Lipinski definition) is 2. The summed E-state index contributed by atoms with van der Waals surface area (Å²) in [6, 6.07) is 6.20. The minimum Gasteiger partial charge on any atom is -0.385 e. The van der Waals surface area contributed by atoms with Crippen LogP contribution in [0, 0.1) is 17.7 Å². The highest BCUT2D eigenvalue weighted by atomic mass is 35.5. The van der Waals surface area contributed by atoms with Crippen molar-refractivity contribution < 1.29 is 9.50 Å². The Morgan fingerprint density at radius 2 is 1.65 bits per heavy atom. The molecule has 0 saturated carbocycles. The molecular weight excluding hydrogens is 241 g/mol. The van der Waals surface area contributed by atoms with Gasteiger partial charge in [-0.05, 0) is 17.7 Å². The van der Waals surface area contributed by atoms with Gasteiger partial charge in [0.15, 0.2) is 0 Å². The fraction of sp³-hybridized carbons (Fsp3) is 0.538.